The largest absolute Gasteiger partial charge is 0.375 e. The van der Waals surface area contributed by atoms with Crippen molar-refractivity contribution in [1.29, 1.82) is 0 Å². The molecule has 0 aliphatic carbocycles. The molecular formula is C21H25FN4O. The van der Waals surface area contributed by atoms with Gasteiger partial charge in [-0.15, -0.1) is 0 Å². The molecule has 6 heteroatoms. The van der Waals surface area contributed by atoms with Crippen molar-refractivity contribution in [2.45, 2.75) is 13.0 Å². The first-order chi connectivity index (χ1) is 13.3. The van der Waals surface area contributed by atoms with Gasteiger partial charge in [0.25, 0.3) is 0 Å². The lowest BCUT2D eigenvalue weighted by molar-refractivity contribution is 0.125. The van der Waals surface area contributed by atoms with Crippen molar-refractivity contribution in [3.63, 3.8) is 0 Å². The fourth-order valence-corrected chi connectivity index (χ4v) is 2.91. The zero-order valence-corrected chi connectivity index (χ0v) is 15.5. The summed E-state index contributed by atoms with van der Waals surface area (Å²) in [6.45, 7) is 2.62. The third-order valence-electron chi connectivity index (χ3n) is 4.29. The van der Waals surface area contributed by atoms with Gasteiger partial charge in [0.05, 0.1) is 13.2 Å². The fourth-order valence-electron chi connectivity index (χ4n) is 2.91. The first-order valence-electron chi connectivity index (χ1n) is 9.08. The summed E-state index contributed by atoms with van der Waals surface area (Å²) in [5.41, 5.74) is 3.14. The van der Waals surface area contributed by atoms with E-state index in [-0.39, 0.29) is 5.82 Å². The van der Waals surface area contributed by atoms with E-state index in [1.54, 1.807) is 7.05 Å². The van der Waals surface area contributed by atoms with Gasteiger partial charge in [-0.2, -0.15) is 0 Å². The lowest BCUT2D eigenvalue weighted by Gasteiger charge is -2.12. The minimum atomic E-state index is -0.229. The summed E-state index contributed by atoms with van der Waals surface area (Å²) in [4.78, 5) is 7.33. The Morgan fingerprint density at radius 1 is 1.11 bits per heavy atom. The maximum Gasteiger partial charge on any atom is 0.191 e. The van der Waals surface area contributed by atoms with Gasteiger partial charge in [0, 0.05) is 37.2 Å². The van der Waals surface area contributed by atoms with E-state index >= 15 is 0 Å². The predicted octanol–water partition coefficient (Wildman–Crippen LogP) is 3.23. The number of aliphatic imine (C=N–C) groups is 1. The zero-order valence-electron chi connectivity index (χ0n) is 15.5. The SMILES string of the molecule is CN=C(NCCOCc1ccccc1)NCCc1c[nH]c2cc(F)ccc12. The molecule has 0 saturated heterocycles. The van der Waals surface area contributed by atoms with Crippen LogP contribution in [0.15, 0.2) is 59.7 Å². The van der Waals surface area contributed by atoms with Gasteiger partial charge < -0.3 is 20.4 Å². The number of nitrogens with zero attached hydrogens (tertiary/aromatic N) is 1. The smallest absolute Gasteiger partial charge is 0.191 e. The molecule has 0 atom stereocenters. The van der Waals surface area contributed by atoms with Crippen LogP contribution in [-0.4, -0.2) is 37.7 Å². The van der Waals surface area contributed by atoms with E-state index in [4.69, 9.17) is 4.74 Å². The number of hydrogen-bond acceptors (Lipinski definition) is 2. The molecule has 1 heterocycles. The molecule has 5 nitrogen and oxygen atoms in total. The third kappa shape index (κ3) is 5.56. The summed E-state index contributed by atoms with van der Waals surface area (Å²) in [6.07, 6.45) is 2.75. The van der Waals surface area contributed by atoms with Crippen molar-refractivity contribution in [2.75, 3.05) is 26.7 Å². The monoisotopic (exact) mass is 368 g/mol. The molecule has 142 valence electrons. The lowest BCUT2D eigenvalue weighted by Crippen LogP contribution is -2.39. The molecule has 27 heavy (non-hydrogen) atoms. The van der Waals surface area contributed by atoms with Crippen molar-refractivity contribution in [2.24, 2.45) is 4.99 Å². The average Bonchev–Trinajstić information content (AvgIpc) is 3.09. The van der Waals surface area contributed by atoms with Crippen LogP contribution in [0.4, 0.5) is 4.39 Å². The van der Waals surface area contributed by atoms with Crippen LogP contribution >= 0.6 is 0 Å². The number of H-pyrrole nitrogens is 1. The Morgan fingerprint density at radius 3 is 2.74 bits per heavy atom. The Balaban J connectivity index is 1.36. The summed E-state index contributed by atoms with van der Waals surface area (Å²) in [5, 5.41) is 7.58. The van der Waals surface area contributed by atoms with Gasteiger partial charge >= 0.3 is 0 Å². The minimum Gasteiger partial charge on any atom is -0.375 e. The van der Waals surface area contributed by atoms with Crippen LogP contribution in [0.25, 0.3) is 10.9 Å². The topological polar surface area (TPSA) is 61.4 Å². The van der Waals surface area contributed by atoms with Crippen LogP contribution in [0.2, 0.25) is 0 Å². The first-order valence-corrected chi connectivity index (χ1v) is 9.08. The number of guanidine groups is 1. The van der Waals surface area contributed by atoms with Crippen molar-refractivity contribution < 1.29 is 9.13 Å². The van der Waals surface area contributed by atoms with Gasteiger partial charge in [0.2, 0.25) is 0 Å². The highest BCUT2D eigenvalue weighted by Crippen LogP contribution is 2.19. The summed E-state index contributed by atoms with van der Waals surface area (Å²) in [5.74, 6) is 0.511. The van der Waals surface area contributed by atoms with Gasteiger partial charge in [0.15, 0.2) is 5.96 Å². The highest BCUT2D eigenvalue weighted by Gasteiger charge is 2.05. The normalized spacial score (nSPS) is 11.7. The standard InChI is InChI=1S/C21H25FN4O/c1-23-21(25-11-12-27-15-16-5-3-2-4-6-16)24-10-9-17-14-26-20-13-18(22)7-8-19(17)20/h2-8,13-14,26H,9-12,15H2,1H3,(H2,23,24,25). The summed E-state index contributed by atoms with van der Waals surface area (Å²) < 4.78 is 18.9. The number of rotatable bonds is 8. The van der Waals surface area contributed by atoms with E-state index in [0.717, 1.165) is 35.4 Å². The van der Waals surface area contributed by atoms with E-state index in [1.165, 1.54) is 17.7 Å². The summed E-state index contributed by atoms with van der Waals surface area (Å²) in [7, 11) is 1.74. The lowest BCUT2D eigenvalue weighted by atomic mass is 10.1. The van der Waals surface area contributed by atoms with Crippen LogP contribution in [0.5, 0.6) is 0 Å². The average molecular weight is 368 g/mol. The molecule has 0 saturated carbocycles. The van der Waals surface area contributed by atoms with Crippen molar-refractivity contribution in [3.05, 3.63) is 71.7 Å². The van der Waals surface area contributed by atoms with Crippen LogP contribution < -0.4 is 10.6 Å². The molecule has 2 aromatic carbocycles. The van der Waals surface area contributed by atoms with E-state index < -0.39 is 0 Å². The van der Waals surface area contributed by atoms with E-state index in [0.29, 0.717) is 19.8 Å². The quantitative estimate of drug-likeness (QED) is 0.325. The molecule has 3 aromatic rings. The second-order valence-electron chi connectivity index (χ2n) is 6.22. The highest BCUT2D eigenvalue weighted by atomic mass is 19.1. The molecule has 0 aliphatic rings. The van der Waals surface area contributed by atoms with Gasteiger partial charge in [-0.05, 0) is 35.7 Å². The second-order valence-corrected chi connectivity index (χ2v) is 6.22. The number of aromatic amines is 1. The second kappa shape index (κ2) is 9.73. The predicted molar refractivity (Wildman–Crippen MR) is 107 cm³/mol. The van der Waals surface area contributed by atoms with E-state index in [1.807, 2.05) is 42.6 Å². The number of ether oxygens (including phenoxy) is 1. The Morgan fingerprint density at radius 2 is 1.93 bits per heavy atom. The Kier molecular flexibility index (Phi) is 6.82. The minimum absolute atomic E-state index is 0.229. The maximum absolute atomic E-state index is 13.3. The number of hydrogen-bond donors (Lipinski definition) is 3. The Labute approximate surface area is 158 Å². The Hall–Kier alpha value is -2.86. The summed E-state index contributed by atoms with van der Waals surface area (Å²) >= 11 is 0. The Bertz CT molecular complexity index is 876. The van der Waals surface area contributed by atoms with E-state index in [9.17, 15) is 4.39 Å². The molecule has 0 amide bonds. The van der Waals surface area contributed by atoms with Crippen LogP contribution in [0.1, 0.15) is 11.1 Å². The van der Waals surface area contributed by atoms with Crippen molar-refractivity contribution in [3.8, 4) is 0 Å². The third-order valence-corrected chi connectivity index (χ3v) is 4.29. The van der Waals surface area contributed by atoms with Gasteiger partial charge in [0.1, 0.15) is 5.82 Å². The molecule has 0 radical (unpaired) electrons. The first kappa shape index (κ1) is 18.9. The molecule has 3 N–H and O–H groups in total. The molecule has 1 aromatic heterocycles. The van der Waals surface area contributed by atoms with Gasteiger partial charge in [-0.25, -0.2) is 4.39 Å². The molecular weight excluding hydrogens is 343 g/mol. The van der Waals surface area contributed by atoms with Crippen molar-refractivity contribution in [1.82, 2.24) is 15.6 Å². The number of benzene rings is 2. The van der Waals surface area contributed by atoms with Crippen LogP contribution in [0, 0.1) is 5.82 Å². The van der Waals surface area contributed by atoms with Gasteiger partial charge in [-0.1, -0.05) is 30.3 Å². The number of aromatic nitrogens is 1. The number of fused-ring (bicyclic) bond motifs is 1. The highest BCUT2D eigenvalue weighted by molar-refractivity contribution is 5.83. The molecule has 0 spiro atoms. The summed E-state index contributed by atoms with van der Waals surface area (Å²) in [6, 6.07) is 14.9. The van der Waals surface area contributed by atoms with Crippen LogP contribution in [0.3, 0.4) is 0 Å². The number of nitrogens with one attached hydrogen (secondary N) is 3. The zero-order chi connectivity index (χ0) is 18.9. The molecule has 0 fully saturated rings. The van der Waals surface area contributed by atoms with Crippen molar-refractivity contribution >= 4 is 16.9 Å². The molecule has 0 bridgehead atoms. The fraction of sp³-hybridized carbons (Fsp3) is 0.286. The number of halogens is 1. The molecule has 3 rings (SSSR count). The van der Waals surface area contributed by atoms with E-state index in [2.05, 4.69) is 20.6 Å². The molecule has 0 unspecified atom stereocenters. The maximum atomic E-state index is 13.3. The van der Waals surface area contributed by atoms with Crippen LogP contribution in [-0.2, 0) is 17.8 Å². The van der Waals surface area contributed by atoms with Gasteiger partial charge in [-0.3, -0.25) is 4.99 Å². The molecule has 0 aliphatic heterocycles.